The predicted octanol–water partition coefficient (Wildman–Crippen LogP) is 1.97. The van der Waals surface area contributed by atoms with Gasteiger partial charge in [-0.25, -0.2) is 0 Å². The second-order valence-electron chi connectivity index (χ2n) is 11.3. The maximum absolute atomic E-state index is 14.1. The van der Waals surface area contributed by atoms with Crippen LogP contribution in [0.25, 0.3) is 17.9 Å². The number of hydrogen-bond acceptors (Lipinski definition) is 9. The third-order valence-corrected chi connectivity index (χ3v) is 8.69. The number of benzene rings is 2. The minimum absolute atomic E-state index is 0.0490. The number of nitrogens with zero attached hydrogens (tertiary/aromatic N) is 1. The molecule has 2 aromatic rings. The lowest BCUT2D eigenvalue weighted by atomic mass is 9.54. The van der Waals surface area contributed by atoms with Crippen molar-refractivity contribution in [2.24, 2.45) is 17.6 Å². The van der Waals surface area contributed by atoms with Gasteiger partial charge in [0.05, 0.1) is 23.6 Å². The zero-order valence-electron chi connectivity index (χ0n) is 23.0. The molecule has 3 aliphatic rings. The Bertz CT molecular complexity index is 1590. The average Bonchev–Trinajstić information content (AvgIpc) is 2.90. The van der Waals surface area contributed by atoms with Crippen molar-refractivity contribution < 1.29 is 39.9 Å². The first-order valence-corrected chi connectivity index (χ1v) is 13.2. The molecule has 0 heterocycles. The van der Waals surface area contributed by atoms with E-state index >= 15 is 0 Å². The summed E-state index contributed by atoms with van der Waals surface area (Å²) in [7, 11) is 2.93. The summed E-state index contributed by atoms with van der Waals surface area (Å²) in [5.74, 6) is -9.09. The first-order valence-electron chi connectivity index (χ1n) is 13.2. The molecule has 10 nitrogen and oxygen atoms in total. The van der Waals surface area contributed by atoms with Gasteiger partial charge in [0.25, 0.3) is 5.91 Å². The first kappa shape index (κ1) is 28.3. The van der Waals surface area contributed by atoms with Gasteiger partial charge in [0.15, 0.2) is 11.4 Å². The normalized spacial score (nSPS) is 29.6. The third kappa shape index (κ3) is 3.93. The second-order valence-corrected chi connectivity index (χ2v) is 11.3. The molecule has 0 aromatic heterocycles. The summed E-state index contributed by atoms with van der Waals surface area (Å²) in [5.41, 5.74) is 3.74. The number of aryl methyl sites for hydroxylation is 1. The Balaban J connectivity index is 1.70. The monoisotopic (exact) mass is 560 g/mol. The van der Waals surface area contributed by atoms with Crippen molar-refractivity contribution >= 4 is 35.4 Å². The molecule has 2 aromatic carbocycles. The zero-order chi connectivity index (χ0) is 30.1. The predicted molar refractivity (Wildman–Crippen MR) is 150 cm³/mol. The van der Waals surface area contributed by atoms with Crippen molar-refractivity contribution in [3.8, 4) is 5.75 Å². The zero-order valence-corrected chi connectivity index (χ0v) is 23.0. The summed E-state index contributed by atoms with van der Waals surface area (Å²) in [6.45, 7) is 3.66. The molecule has 0 saturated heterocycles. The minimum Gasteiger partial charge on any atom is -0.508 e. The fraction of sp³-hybridized carbons (Fsp3) is 0.323. The van der Waals surface area contributed by atoms with Gasteiger partial charge in [-0.2, -0.15) is 0 Å². The third-order valence-electron chi connectivity index (χ3n) is 8.69. The molecule has 0 bridgehead atoms. The summed E-state index contributed by atoms with van der Waals surface area (Å²) in [5, 5.41) is 57.1. The maximum atomic E-state index is 14.1. The number of fused-ring (bicyclic) bond motifs is 3. The summed E-state index contributed by atoms with van der Waals surface area (Å²) < 4.78 is 0. The van der Waals surface area contributed by atoms with Gasteiger partial charge in [-0.1, -0.05) is 61.0 Å². The molecule has 5 rings (SSSR count). The number of hydrogen-bond donors (Lipinski definition) is 6. The molecule has 0 aliphatic heterocycles. The van der Waals surface area contributed by atoms with Crippen molar-refractivity contribution in [1.82, 2.24) is 4.90 Å². The molecule has 7 N–H and O–H groups in total. The van der Waals surface area contributed by atoms with Crippen molar-refractivity contribution in [1.29, 1.82) is 0 Å². The van der Waals surface area contributed by atoms with E-state index in [1.165, 1.54) is 19.0 Å². The van der Waals surface area contributed by atoms with Crippen LogP contribution in [0.1, 0.15) is 40.7 Å². The number of nitrogens with two attached hydrogens (primary N) is 1. The van der Waals surface area contributed by atoms with Crippen LogP contribution in [0.3, 0.4) is 0 Å². The Morgan fingerprint density at radius 1 is 1.02 bits per heavy atom. The van der Waals surface area contributed by atoms with Gasteiger partial charge in [-0.3, -0.25) is 19.3 Å². The Kier molecular flexibility index (Phi) is 6.68. The smallest absolute Gasteiger partial charge is 0.255 e. The number of rotatable bonds is 4. The van der Waals surface area contributed by atoms with E-state index in [0.29, 0.717) is 11.1 Å². The van der Waals surface area contributed by atoms with E-state index < -0.39 is 75.6 Å². The molecule has 1 amide bonds. The maximum Gasteiger partial charge on any atom is 0.255 e. The number of phenolic OH excluding ortho intramolecular Hbond substituents is 1. The molecule has 0 radical (unpaired) electrons. The summed E-state index contributed by atoms with van der Waals surface area (Å²) >= 11 is 0. The van der Waals surface area contributed by atoms with Crippen LogP contribution in [0.15, 0.2) is 53.3 Å². The largest absolute Gasteiger partial charge is 0.508 e. The number of primary amides is 1. The number of aromatic hydroxyl groups is 1. The minimum atomic E-state index is -2.94. The molecule has 214 valence electrons. The molecular formula is C31H32N2O8. The highest BCUT2D eigenvalue weighted by Gasteiger charge is 2.68. The van der Waals surface area contributed by atoms with Crippen LogP contribution in [-0.4, -0.2) is 79.7 Å². The average molecular weight is 561 g/mol. The van der Waals surface area contributed by atoms with E-state index in [2.05, 4.69) is 0 Å². The fourth-order valence-corrected chi connectivity index (χ4v) is 6.63. The number of carbonyl (C=O) groups is 3. The molecular weight excluding hydrogens is 528 g/mol. The quantitative estimate of drug-likeness (QED) is 0.241. The van der Waals surface area contributed by atoms with E-state index in [1.54, 1.807) is 31.2 Å². The summed E-state index contributed by atoms with van der Waals surface area (Å²) in [6, 6.07) is 9.63. The highest BCUT2D eigenvalue weighted by atomic mass is 16.4. The Hall–Kier alpha value is -4.25. The number of ketones is 2. The Labute approximate surface area is 236 Å². The summed E-state index contributed by atoms with van der Waals surface area (Å²) in [6.07, 6.45) is 1.80. The highest BCUT2D eigenvalue weighted by molar-refractivity contribution is 6.24. The van der Waals surface area contributed by atoms with Crippen LogP contribution in [0.5, 0.6) is 5.75 Å². The number of aliphatic hydroxyl groups excluding tert-OH is 3. The molecule has 0 unspecified atom stereocenters. The highest BCUT2D eigenvalue weighted by Crippen LogP contribution is 2.56. The molecule has 0 spiro atoms. The fourth-order valence-electron chi connectivity index (χ4n) is 6.63. The van der Waals surface area contributed by atoms with Gasteiger partial charge in [0.1, 0.15) is 22.8 Å². The molecule has 41 heavy (non-hydrogen) atoms. The molecule has 1 fully saturated rings. The Morgan fingerprint density at radius 2 is 1.66 bits per heavy atom. The number of Topliss-reactive ketones (excluding diaryl/α,β-unsaturated/α-hetero) is 2. The van der Waals surface area contributed by atoms with Crippen LogP contribution in [0, 0.1) is 18.8 Å². The first-order chi connectivity index (χ1) is 19.2. The number of aliphatic hydroxyl groups is 4. The SMILES string of the molecule is Cc1ccc(/C=C/c2ccc3c(c2O)C(O)=C2C(=O)[C@]4(O)C(O)=C(C(N)=O)C(=O)[C@@H](N(C)C)[C@@H]4[C@@H](O)[C@@H]2[C@H]3C)cc1. The molecule has 3 aliphatic carbocycles. The van der Waals surface area contributed by atoms with Crippen molar-refractivity contribution in [2.75, 3.05) is 14.1 Å². The van der Waals surface area contributed by atoms with Crippen LogP contribution in [0.4, 0.5) is 0 Å². The lowest BCUT2D eigenvalue weighted by molar-refractivity contribution is -0.169. The van der Waals surface area contributed by atoms with E-state index in [0.717, 1.165) is 11.1 Å². The van der Waals surface area contributed by atoms with Gasteiger partial charge in [-0.05, 0) is 38.1 Å². The van der Waals surface area contributed by atoms with E-state index in [1.807, 2.05) is 31.2 Å². The molecule has 1 saturated carbocycles. The van der Waals surface area contributed by atoms with Gasteiger partial charge >= 0.3 is 0 Å². The van der Waals surface area contributed by atoms with E-state index in [4.69, 9.17) is 5.73 Å². The molecule has 6 atom stereocenters. The second kappa shape index (κ2) is 9.69. The Morgan fingerprint density at radius 3 is 2.24 bits per heavy atom. The van der Waals surface area contributed by atoms with E-state index in [-0.39, 0.29) is 11.3 Å². The topological polar surface area (TPSA) is 182 Å². The number of amides is 1. The number of carbonyl (C=O) groups excluding carboxylic acids is 3. The van der Waals surface area contributed by atoms with Gasteiger partial charge in [-0.15, -0.1) is 0 Å². The van der Waals surface area contributed by atoms with E-state index in [9.17, 15) is 39.9 Å². The van der Waals surface area contributed by atoms with Crippen LogP contribution < -0.4 is 5.73 Å². The lowest BCUT2D eigenvalue weighted by Gasteiger charge is -2.53. The number of phenols is 1. The van der Waals surface area contributed by atoms with Crippen molar-refractivity contribution in [3.05, 3.63) is 81.1 Å². The van der Waals surface area contributed by atoms with Crippen molar-refractivity contribution in [3.63, 3.8) is 0 Å². The van der Waals surface area contributed by atoms with Gasteiger partial charge in [0.2, 0.25) is 5.78 Å². The van der Waals surface area contributed by atoms with Crippen molar-refractivity contribution in [2.45, 2.75) is 37.5 Å². The standard InChI is InChI=1S/C31H32N2O8/c1-13-5-7-15(8-6-13)9-10-16-11-12-17-14(2)18-20(25(35)19(17)24(16)34)28(38)31(41)22(26(18)36)23(33(3)4)27(37)21(29(31)39)30(32)40/h5-12,14,18,22-23,26,34-36,39,41H,1-4H3,(H2,32,40)/b10-9+/t14-,18+,22+,23-,26-,31-/m0/s1. The number of likely N-dealkylation sites (N-methyl/N-ethyl adjacent to an activating group) is 1. The van der Waals surface area contributed by atoms with Gasteiger partial charge < -0.3 is 31.3 Å². The van der Waals surface area contributed by atoms with Crippen LogP contribution >= 0.6 is 0 Å². The molecule has 10 heteroatoms. The van der Waals surface area contributed by atoms with Gasteiger partial charge in [0, 0.05) is 17.1 Å². The summed E-state index contributed by atoms with van der Waals surface area (Å²) in [4.78, 5) is 40.8. The van der Waals surface area contributed by atoms with Crippen LogP contribution in [0.2, 0.25) is 0 Å². The lowest BCUT2D eigenvalue weighted by Crippen LogP contribution is -2.70. The van der Waals surface area contributed by atoms with Crippen LogP contribution in [-0.2, 0) is 14.4 Å².